The first-order chi connectivity index (χ1) is 9.72. The van der Waals surface area contributed by atoms with Gasteiger partial charge in [-0.15, -0.1) is 0 Å². The minimum Gasteiger partial charge on any atom is -0.454 e. The molecule has 3 rings (SSSR count). The molecule has 2 heterocycles. The molecule has 1 aromatic carbocycles. The van der Waals surface area contributed by atoms with Gasteiger partial charge in [0.1, 0.15) is 0 Å². The third-order valence-electron chi connectivity index (χ3n) is 2.90. The SMILES string of the molecule is Cc1noc(CCNCc2cc(Br)c3c(c2)OCO3)n1. The Morgan fingerprint density at radius 2 is 2.25 bits per heavy atom. The largest absolute Gasteiger partial charge is 0.454 e. The molecule has 0 amide bonds. The third-order valence-corrected chi connectivity index (χ3v) is 3.49. The summed E-state index contributed by atoms with van der Waals surface area (Å²) in [6, 6.07) is 4.01. The second-order valence-corrected chi connectivity index (χ2v) is 5.33. The van der Waals surface area contributed by atoms with E-state index >= 15 is 0 Å². The fourth-order valence-corrected chi connectivity index (χ4v) is 2.60. The highest BCUT2D eigenvalue weighted by atomic mass is 79.9. The van der Waals surface area contributed by atoms with Gasteiger partial charge in [-0.05, 0) is 40.5 Å². The topological polar surface area (TPSA) is 69.4 Å². The molecular formula is C13H14BrN3O3. The van der Waals surface area contributed by atoms with E-state index in [1.54, 1.807) is 0 Å². The molecule has 0 aliphatic carbocycles. The second-order valence-electron chi connectivity index (χ2n) is 4.47. The van der Waals surface area contributed by atoms with Crippen molar-refractivity contribution in [3.8, 4) is 11.5 Å². The molecular weight excluding hydrogens is 326 g/mol. The Kier molecular flexibility index (Phi) is 3.88. The molecule has 0 atom stereocenters. The first-order valence-corrected chi connectivity index (χ1v) is 7.09. The van der Waals surface area contributed by atoms with Gasteiger partial charge in [0.05, 0.1) is 4.47 Å². The van der Waals surface area contributed by atoms with E-state index in [1.165, 1.54) is 0 Å². The van der Waals surface area contributed by atoms with Crippen molar-refractivity contribution < 1.29 is 14.0 Å². The molecule has 0 spiro atoms. The maximum absolute atomic E-state index is 5.39. The predicted molar refractivity (Wildman–Crippen MR) is 74.7 cm³/mol. The van der Waals surface area contributed by atoms with Gasteiger partial charge in [0, 0.05) is 19.5 Å². The van der Waals surface area contributed by atoms with Crippen molar-refractivity contribution >= 4 is 15.9 Å². The lowest BCUT2D eigenvalue weighted by molar-refractivity contribution is 0.173. The summed E-state index contributed by atoms with van der Waals surface area (Å²) in [5, 5.41) is 7.09. The van der Waals surface area contributed by atoms with Gasteiger partial charge in [0.2, 0.25) is 12.7 Å². The zero-order valence-electron chi connectivity index (χ0n) is 11.0. The minimum absolute atomic E-state index is 0.279. The average Bonchev–Trinajstić information content (AvgIpc) is 3.04. The molecule has 0 saturated heterocycles. The first kappa shape index (κ1) is 13.4. The summed E-state index contributed by atoms with van der Waals surface area (Å²) < 4.78 is 16.7. The van der Waals surface area contributed by atoms with E-state index in [4.69, 9.17) is 14.0 Å². The van der Waals surface area contributed by atoms with Crippen molar-refractivity contribution in [3.05, 3.63) is 33.9 Å². The number of hydrogen-bond acceptors (Lipinski definition) is 6. The number of hydrogen-bond donors (Lipinski definition) is 1. The quantitative estimate of drug-likeness (QED) is 0.842. The van der Waals surface area contributed by atoms with Crippen LogP contribution in [-0.4, -0.2) is 23.5 Å². The molecule has 0 fully saturated rings. The van der Waals surface area contributed by atoms with Crippen LogP contribution in [-0.2, 0) is 13.0 Å². The Labute approximate surface area is 124 Å². The maximum atomic E-state index is 5.39. The van der Waals surface area contributed by atoms with Gasteiger partial charge in [-0.25, -0.2) is 0 Å². The first-order valence-electron chi connectivity index (χ1n) is 6.30. The molecule has 106 valence electrons. The molecule has 1 aliphatic heterocycles. The van der Waals surface area contributed by atoms with Crippen molar-refractivity contribution in [1.29, 1.82) is 0 Å². The van der Waals surface area contributed by atoms with Gasteiger partial charge < -0.3 is 19.3 Å². The number of aromatic nitrogens is 2. The number of nitrogens with one attached hydrogen (secondary N) is 1. The molecule has 20 heavy (non-hydrogen) atoms. The van der Waals surface area contributed by atoms with E-state index < -0.39 is 0 Å². The van der Waals surface area contributed by atoms with Crippen LogP contribution < -0.4 is 14.8 Å². The fraction of sp³-hybridized carbons (Fsp3) is 0.385. The van der Waals surface area contributed by atoms with Gasteiger partial charge in [0.15, 0.2) is 17.3 Å². The number of ether oxygens (including phenoxy) is 2. The van der Waals surface area contributed by atoms with Gasteiger partial charge in [0.25, 0.3) is 0 Å². The number of halogens is 1. The smallest absolute Gasteiger partial charge is 0.231 e. The highest BCUT2D eigenvalue weighted by Gasteiger charge is 2.17. The van der Waals surface area contributed by atoms with E-state index in [2.05, 4.69) is 31.4 Å². The number of nitrogens with zero attached hydrogens (tertiary/aromatic N) is 2. The van der Waals surface area contributed by atoms with E-state index in [1.807, 2.05) is 19.1 Å². The lowest BCUT2D eigenvalue weighted by atomic mass is 10.2. The molecule has 1 N–H and O–H groups in total. The molecule has 0 saturated carbocycles. The normalized spacial score (nSPS) is 12.9. The zero-order chi connectivity index (χ0) is 13.9. The highest BCUT2D eigenvalue weighted by molar-refractivity contribution is 9.10. The number of aryl methyl sites for hydroxylation is 1. The molecule has 7 heteroatoms. The number of fused-ring (bicyclic) bond motifs is 1. The third kappa shape index (κ3) is 2.94. The minimum atomic E-state index is 0.279. The lowest BCUT2D eigenvalue weighted by Gasteiger charge is -2.06. The van der Waals surface area contributed by atoms with Crippen LogP contribution in [0.1, 0.15) is 17.3 Å². The molecule has 1 aliphatic rings. The standard InChI is InChI=1S/C13H14BrN3O3/c1-8-16-12(20-17-8)2-3-15-6-9-4-10(14)13-11(5-9)18-7-19-13/h4-5,15H,2-3,6-7H2,1H3. The average molecular weight is 340 g/mol. The summed E-state index contributed by atoms with van der Waals surface area (Å²) in [6.07, 6.45) is 0.715. The van der Waals surface area contributed by atoms with Gasteiger partial charge in [-0.1, -0.05) is 5.16 Å². The van der Waals surface area contributed by atoms with Crippen LogP contribution in [0.4, 0.5) is 0 Å². The summed E-state index contributed by atoms with van der Waals surface area (Å²) in [5.41, 5.74) is 1.13. The van der Waals surface area contributed by atoms with Crippen molar-refractivity contribution in [2.45, 2.75) is 19.9 Å². The molecule has 1 aromatic heterocycles. The Morgan fingerprint density at radius 1 is 1.35 bits per heavy atom. The van der Waals surface area contributed by atoms with Gasteiger partial charge >= 0.3 is 0 Å². The van der Waals surface area contributed by atoms with Gasteiger partial charge in [-0.2, -0.15) is 4.98 Å². The molecule has 0 bridgehead atoms. The van der Waals surface area contributed by atoms with Crippen molar-refractivity contribution in [2.24, 2.45) is 0 Å². The van der Waals surface area contributed by atoms with Crippen LogP contribution in [0, 0.1) is 6.92 Å². The van der Waals surface area contributed by atoms with Crippen LogP contribution >= 0.6 is 15.9 Å². The Morgan fingerprint density at radius 3 is 3.05 bits per heavy atom. The van der Waals surface area contributed by atoms with Crippen LogP contribution in [0.2, 0.25) is 0 Å². The van der Waals surface area contributed by atoms with Gasteiger partial charge in [-0.3, -0.25) is 0 Å². The molecule has 6 nitrogen and oxygen atoms in total. The molecule has 2 aromatic rings. The summed E-state index contributed by atoms with van der Waals surface area (Å²) in [6.45, 7) is 3.60. The van der Waals surface area contributed by atoms with Crippen LogP contribution in [0.3, 0.4) is 0 Å². The van der Waals surface area contributed by atoms with E-state index in [9.17, 15) is 0 Å². The number of rotatable bonds is 5. The van der Waals surface area contributed by atoms with Crippen molar-refractivity contribution in [3.63, 3.8) is 0 Å². The fourth-order valence-electron chi connectivity index (χ4n) is 1.99. The predicted octanol–water partition coefficient (Wildman–Crippen LogP) is 2.20. The van der Waals surface area contributed by atoms with E-state index in [-0.39, 0.29) is 6.79 Å². The summed E-state index contributed by atoms with van der Waals surface area (Å²) in [7, 11) is 0. The summed E-state index contributed by atoms with van der Waals surface area (Å²) >= 11 is 3.48. The molecule has 0 radical (unpaired) electrons. The van der Waals surface area contributed by atoms with Crippen molar-refractivity contribution in [1.82, 2.24) is 15.5 Å². The Bertz CT molecular complexity index is 615. The van der Waals surface area contributed by atoms with Crippen molar-refractivity contribution in [2.75, 3.05) is 13.3 Å². The summed E-state index contributed by atoms with van der Waals surface area (Å²) in [5.74, 6) is 2.88. The molecule has 0 unspecified atom stereocenters. The maximum Gasteiger partial charge on any atom is 0.231 e. The van der Waals surface area contributed by atoms with E-state index in [0.29, 0.717) is 18.1 Å². The zero-order valence-corrected chi connectivity index (χ0v) is 12.6. The van der Waals surface area contributed by atoms with E-state index in [0.717, 1.165) is 34.6 Å². The van der Waals surface area contributed by atoms with Crippen LogP contribution in [0.5, 0.6) is 11.5 Å². The van der Waals surface area contributed by atoms with Crippen LogP contribution in [0.15, 0.2) is 21.1 Å². The Balaban J connectivity index is 1.52. The summed E-state index contributed by atoms with van der Waals surface area (Å²) in [4.78, 5) is 4.15. The second kappa shape index (κ2) is 5.80. The monoisotopic (exact) mass is 339 g/mol. The number of benzene rings is 1. The Hall–Kier alpha value is -1.60. The highest BCUT2D eigenvalue weighted by Crippen LogP contribution is 2.39. The van der Waals surface area contributed by atoms with Crippen LogP contribution in [0.25, 0.3) is 0 Å². The lowest BCUT2D eigenvalue weighted by Crippen LogP contribution is -2.16.